The van der Waals surface area contributed by atoms with E-state index in [4.69, 9.17) is 4.74 Å². The molecule has 0 unspecified atom stereocenters. The second-order valence-electron chi connectivity index (χ2n) is 6.59. The third kappa shape index (κ3) is 4.51. The molecule has 1 N–H and O–H groups in total. The van der Waals surface area contributed by atoms with Gasteiger partial charge >= 0.3 is 0 Å². The van der Waals surface area contributed by atoms with Gasteiger partial charge in [0.15, 0.2) is 11.6 Å². The Hall–Kier alpha value is -2.07. The van der Waals surface area contributed by atoms with E-state index in [1.54, 1.807) is 6.07 Å². The van der Waals surface area contributed by atoms with E-state index in [-0.39, 0.29) is 5.75 Å². The Bertz CT molecular complexity index is 711. The van der Waals surface area contributed by atoms with Crippen LogP contribution in [0.15, 0.2) is 36.4 Å². The highest BCUT2D eigenvalue weighted by atomic mass is 19.1. The van der Waals surface area contributed by atoms with Crippen molar-refractivity contribution >= 4 is 0 Å². The first-order chi connectivity index (χ1) is 12.2. The molecule has 25 heavy (non-hydrogen) atoms. The van der Waals surface area contributed by atoms with E-state index in [1.165, 1.54) is 31.4 Å². The van der Waals surface area contributed by atoms with Gasteiger partial charge < -0.3 is 9.84 Å². The highest BCUT2D eigenvalue weighted by Crippen LogP contribution is 2.31. The number of likely N-dealkylation sites (tertiary alicyclic amines) is 1. The summed E-state index contributed by atoms with van der Waals surface area (Å²) < 4.78 is 19.7. The van der Waals surface area contributed by atoms with E-state index in [0.29, 0.717) is 6.61 Å². The number of halogens is 1. The molecular formula is C21H26FNO2. The van der Waals surface area contributed by atoms with Crippen LogP contribution in [0.4, 0.5) is 4.39 Å². The Morgan fingerprint density at radius 3 is 2.60 bits per heavy atom. The number of ether oxygens (including phenoxy) is 1. The smallest absolute Gasteiger partial charge is 0.165 e. The summed E-state index contributed by atoms with van der Waals surface area (Å²) in [7, 11) is 0. The Balaban J connectivity index is 1.71. The molecule has 0 aromatic heterocycles. The van der Waals surface area contributed by atoms with Gasteiger partial charge in [-0.3, -0.25) is 4.90 Å². The first-order valence-corrected chi connectivity index (χ1v) is 9.14. The average molecular weight is 343 g/mol. The van der Waals surface area contributed by atoms with Crippen LogP contribution in [0.1, 0.15) is 31.7 Å². The third-order valence-corrected chi connectivity index (χ3v) is 4.85. The summed E-state index contributed by atoms with van der Waals surface area (Å²) in [6.45, 7) is 6.01. The zero-order chi connectivity index (χ0) is 17.6. The van der Waals surface area contributed by atoms with Crippen molar-refractivity contribution in [2.75, 3.05) is 26.2 Å². The molecule has 2 aromatic carbocycles. The van der Waals surface area contributed by atoms with E-state index in [0.717, 1.165) is 48.5 Å². The number of hydrogen-bond acceptors (Lipinski definition) is 3. The number of rotatable bonds is 6. The third-order valence-electron chi connectivity index (χ3n) is 4.85. The maximum Gasteiger partial charge on any atom is 0.165 e. The number of hydrogen-bond donors (Lipinski definition) is 1. The molecule has 0 bridgehead atoms. The topological polar surface area (TPSA) is 32.7 Å². The van der Waals surface area contributed by atoms with E-state index in [1.807, 2.05) is 18.2 Å². The van der Waals surface area contributed by atoms with Crippen LogP contribution in [0.3, 0.4) is 0 Å². The highest BCUT2D eigenvalue weighted by Gasteiger charge is 2.11. The lowest BCUT2D eigenvalue weighted by Crippen LogP contribution is -2.33. The normalized spacial score (nSPS) is 15.3. The first kappa shape index (κ1) is 17.7. The number of phenols is 1. The summed E-state index contributed by atoms with van der Waals surface area (Å²) in [5.41, 5.74) is 2.85. The van der Waals surface area contributed by atoms with Crippen LogP contribution in [-0.2, 0) is 6.42 Å². The standard InChI is InChI=1S/C21H26FNO2/c1-2-16-6-8-18(25-13-12-23-10-4-3-5-11-23)15-19(16)17-7-9-21(24)20(22)14-17/h6-9,14-15,24H,2-5,10-13H2,1H3. The van der Waals surface area contributed by atoms with Crippen molar-refractivity contribution in [1.29, 1.82) is 0 Å². The van der Waals surface area contributed by atoms with E-state index < -0.39 is 5.82 Å². The molecule has 1 aliphatic rings. The van der Waals surface area contributed by atoms with Crippen molar-refractivity contribution in [3.05, 3.63) is 47.8 Å². The van der Waals surface area contributed by atoms with Gasteiger partial charge in [-0.2, -0.15) is 0 Å². The minimum atomic E-state index is -0.601. The van der Waals surface area contributed by atoms with Gasteiger partial charge in [0.25, 0.3) is 0 Å². The summed E-state index contributed by atoms with van der Waals surface area (Å²) >= 11 is 0. The van der Waals surface area contributed by atoms with Gasteiger partial charge in [-0.15, -0.1) is 0 Å². The molecule has 3 rings (SSSR count). The van der Waals surface area contributed by atoms with Gasteiger partial charge in [-0.1, -0.05) is 25.5 Å². The summed E-state index contributed by atoms with van der Waals surface area (Å²) in [6, 6.07) is 10.5. The fourth-order valence-corrected chi connectivity index (χ4v) is 3.37. The summed E-state index contributed by atoms with van der Waals surface area (Å²) in [5, 5.41) is 9.41. The van der Waals surface area contributed by atoms with E-state index in [9.17, 15) is 9.50 Å². The fourth-order valence-electron chi connectivity index (χ4n) is 3.37. The molecule has 1 heterocycles. The molecule has 134 valence electrons. The van der Waals surface area contributed by atoms with E-state index in [2.05, 4.69) is 11.8 Å². The minimum Gasteiger partial charge on any atom is -0.505 e. The highest BCUT2D eigenvalue weighted by molar-refractivity contribution is 5.69. The molecule has 0 radical (unpaired) electrons. The molecule has 0 aliphatic carbocycles. The average Bonchev–Trinajstić information content (AvgIpc) is 2.65. The number of piperidine rings is 1. The number of nitrogens with zero attached hydrogens (tertiary/aromatic N) is 1. The number of benzene rings is 2. The zero-order valence-corrected chi connectivity index (χ0v) is 14.8. The van der Waals surface area contributed by atoms with Crippen molar-refractivity contribution in [3.8, 4) is 22.6 Å². The van der Waals surface area contributed by atoms with Crippen LogP contribution in [0, 0.1) is 5.82 Å². The number of aryl methyl sites for hydroxylation is 1. The summed E-state index contributed by atoms with van der Waals surface area (Å²) in [6.07, 6.45) is 4.75. The number of aromatic hydroxyl groups is 1. The largest absolute Gasteiger partial charge is 0.505 e. The fraction of sp³-hybridized carbons (Fsp3) is 0.429. The molecule has 1 saturated heterocycles. The predicted octanol–water partition coefficient (Wildman–Crippen LogP) is 4.63. The molecular weight excluding hydrogens is 317 g/mol. The lowest BCUT2D eigenvalue weighted by atomic mass is 9.97. The quantitative estimate of drug-likeness (QED) is 0.830. The molecule has 1 aliphatic heterocycles. The summed E-state index contributed by atoms with van der Waals surface area (Å²) in [4.78, 5) is 2.44. The van der Waals surface area contributed by atoms with Crippen LogP contribution in [0.25, 0.3) is 11.1 Å². The lowest BCUT2D eigenvalue weighted by Gasteiger charge is -2.26. The number of phenolic OH excluding ortho intramolecular Hbond substituents is 1. The Labute approximate surface area is 149 Å². The van der Waals surface area contributed by atoms with Gasteiger partial charge in [0.2, 0.25) is 0 Å². The van der Waals surface area contributed by atoms with Crippen LogP contribution in [0.2, 0.25) is 0 Å². The second-order valence-corrected chi connectivity index (χ2v) is 6.59. The Kier molecular flexibility index (Phi) is 5.92. The predicted molar refractivity (Wildman–Crippen MR) is 98.7 cm³/mol. The molecule has 2 aromatic rings. The molecule has 0 amide bonds. The zero-order valence-electron chi connectivity index (χ0n) is 14.8. The van der Waals surface area contributed by atoms with Crippen LogP contribution < -0.4 is 4.74 Å². The maximum absolute atomic E-state index is 13.7. The maximum atomic E-state index is 13.7. The van der Waals surface area contributed by atoms with Crippen LogP contribution in [0.5, 0.6) is 11.5 Å². The first-order valence-electron chi connectivity index (χ1n) is 9.14. The Morgan fingerprint density at radius 2 is 1.88 bits per heavy atom. The minimum absolute atomic E-state index is 0.323. The van der Waals surface area contributed by atoms with Gasteiger partial charge in [-0.25, -0.2) is 4.39 Å². The van der Waals surface area contributed by atoms with Crippen molar-refractivity contribution in [2.24, 2.45) is 0 Å². The monoisotopic (exact) mass is 343 g/mol. The Morgan fingerprint density at radius 1 is 1.08 bits per heavy atom. The molecule has 0 atom stereocenters. The van der Waals surface area contributed by atoms with Gasteiger partial charge in [0.05, 0.1) is 0 Å². The van der Waals surface area contributed by atoms with Gasteiger partial charge in [0, 0.05) is 6.54 Å². The second kappa shape index (κ2) is 8.34. The molecule has 0 saturated carbocycles. The van der Waals surface area contributed by atoms with Gasteiger partial charge in [-0.05, 0) is 73.3 Å². The lowest BCUT2D eigenvalue weighted by molar-refractivity contribution is 0.183. The molecule has 3 nitrogen and oxygen atoms in total. The van der Waals surface area contributed by atoms with Gasteiger partial charge in [0.1, 0.15) is 12.4 Å². The van der Waals surface area contributed by atoms with Crippen LogP contribution >= 0.6 is 0 Å². The van der Waals surface area contributed by atoms with Crippen LogP contribution in [-0.4, -0.2) is 36.2 Å². The van der Waals surface area contributed by atoms with Crippen molar-refractivity contribution in [3.63, 3.8) is 0 Å². The van der Waals surface area contributed by atoms with Crippen molar-refractivity contribution in [2.45, 2.75) is 32.6 Å². The van der Waals surface area contributed by atoms with E-state index >= 15 is 0 Å². The van der Waals surface area contributed by atoms with Crippen molar-refractivity contribution in [1.82, 2.24) is 4.90 Å². The molecule has 4 heteroatoms. The van der Waals surface area contributed by atoms with Crippen molar-refractivity contribution < 1.29 is 14.2 Å². The molecule has 1 fully saturated rings. The molecule has 0 spiro atoms. The summed E-state index contributed by atoms with van der Waals surface area (Å²) in [5.74, 6) is -0.121. The SMILES string of the molecule is CCc1ccc(OCCN2CCCCC2)cc1-c1ccc(O)c(F)c1.